The normalized spacial score (nSPS) is 12.0. The lowest BCUT2D eigenvalue weighted by molar-refractivity contribution is 0.157. The second kappa shape index (κ2) is 8.61. The van der Waals surface area contributed by atoms with E-state index in [4.69, 9.17) is 14.0 Å². The highest BCUT2D eigenvalue weighted by atomic mass is 32.2. The van der Waals surface area contributed by atoms with Gasteiger partial charge in [-0.2, -0.15) is 8.42 Å². The van der Waals surface area contributed by atoms with Gasteiger partial charge in [0.2, 0.25) is 5.95 Å². The third-order valence-corrected chi connectivity index (χ3v) is 5.46. The summed E-state index contributed by atoms with van der Waals surface area (Å²) in [6.45, 7) is -0.693. The molecule has 0 bridgehead atoms. The molecule has 3 rings (SSSR count). The number of halogens is 1. The molecule has 1 aromatic heterocycles. The van der Waals surface area contributed by atoms with Gasteiger partial charge in [-0.15, -0.1) is 0 Å². The van der Waals surface area contributed by atoms with Crippen molar-refractivity contribution in [3.63, 3.8) is 0 Å². The Morgan fingerprint density at radius 1 is 1.26 bits per heavy atom. The lowest BCUT2D eigenvalue weighted by Gasteiger charge is -2.11. The molecule has 1 amide bonds. The monoisotopic (exact) mass is 475 g/mol. The summed E-state index contributed by atoms with van der Waals surface area (Å²) in [6.07, 6.45) is -0.919. The first-order valence-corrected chi connectivity index (χ1v) is 11.2. The second-order valence-corrected chi connectivity index (χ2v) is 8.66. The molecule has 0 saturated heterocycles. The maximum Gasteiger partial charge on any atom is 0.471 e. The molecule has 3 aromatic rings. The van der Waals surface area contributed by atoms with Crippen LogP contribution in [0.4, 0.5) is 15.1 Å². The van der Waals surface area contributed by atoms with E-state index in [-0.39, 0.29) is 22.7 Å². The number of benzene rings is 2. The Hall–Kier alpha value is -3.03. The van der Waals surface area contributed by atoms with Gasteiger partial charge in [-0.3, -0.25) is 14.4 Å². The number of imidazole rings is 1. The van der Waals surface area contributed by atoms with Crippen molar-refractivity contribution < 1.29 is 45.4 Å². The molecule has 0 spiro atoms. The number of hydrogen-bond donors (Lipinski definition) is 3. The minimum atomic E-state index is -4.85. The Morgan fingerprint density at radius 3 is 2.65 bits per heavy atom. The molecule has 31 heavy (non-hydrogen) atoms. The van der Waals surface area contributed by atoms with Gasteiger partial charge in [0.05, 0.1) is 18.1 Å². The number of methoxy groups -OCH3 is 1. The summed E-state index contributed by atoms with van der Waals surface area (Å²) in [4.78, 5) is 33.1. The van der Waals surface area contributed by atoms with Gasteiger partial charge in [0.15, 0.2) is 0 Å². The average molecular weight is 475 g/mol. The summed E-state index contributed by atoms with van der Waals surface area (Å²) in [5.41, 5.74) is 0.308. The molecule has 0 aliphatic heterocycles. The van der Waals surface area contributed by atoms with E-state index < -0.39 is 41.5 Å². The number of phosphoric acid groups is 1. The number of carbonyl (C=O) groups excluding carboxylic acids is 1. The van der Waals surface area contributed by atoms with Crippen molar-refractivity contribution in [2.24, 2.45) is 0 Å². The highest BCUT2D eigenvalue weighted by molar-refractivity contribution is 7.87. The molecular formula is C16H15FN3O9PS. The molecule has 0 unspecified atom stereocenters. The topological polar surface area (TPSA) is 166 Å². The van der Waals surface area contributed by atoms with Crippen LogP contribution in [-0.4, -0.2) is 41.0 Å². The maximum absolute atomic E-state index is 13.3. The molecule has 0 fully saturated rings. The number of carbonyl (C=O) groups is 1. The van der Waals surface area contributed by atoms with Crippen LogP contribution in [0.5, 0.6) is 5.75 Å². The predicted molar refractivity (Wildman–Crippen MR) is 103 cm³/mol. The lowest BCUT2D eigenvalue weighted by Crippen LogP contribution is -2.16. The Morgan fingerprint density at radius 2 is 2.00 bits per heavy atom. The number of amides is 1. The van der Waals surface area contributed by atoms with E-state index in [1.54, 1.807) is 0 Å². The van der Waals surface area contributed by atoms with E-state index in [1.165, 1.54) is 24.3 Å². The van der Waals surface area contributed by atoms with Gasteiger partial charge in [-0.05, 0) is 30.3 Å². The van der Waals surface area contributed by atoms with Crippen molar-refractivity contribution in [2.45, 2.75) is 11.6 Å². The van der Waals surface area contributed by atoms with E-state index in [9.17, 15) is 22.2 Å². The molecule has 12 nitrogen and oxygen atoms in total. The molecule has 166 valence electrons. The highest BCUT2D eigenvalue weighted by Gasteiger charge is 2.21. The third kappa shape index (κ3) is 5.57. The predicted octanol–water partition coefficient (Wildman–Crippen LogP) is 2.19. The number of fused-ring (bicyclic) bond motifs is 1. The van der Waals surface area contributed by atoms with Gasteiger partial charge in [-0.25, -0.2) is 18.7 Å². The molecule has 0 saturated carbocycles. The summed E-state index contributed by atoms with van der Waals surface area (Å²) < 4.78 is 64.1. The molecule has 3 N–H and O–H groups in total. The van der Waals surface area contributed by atoms with Gasteiger partial charge in [0.25, 0.3) is 0 Å². The van der Waals surface area contributed by atoms with Crippen LogP contribution in [0.15, 0.2) is 47.4 Å². The fourth-order valence-electron chi connectivity index (χ4n) is 2.46. The number of nitrogens with one attached hydrogen (secondary N) is 1. The quantitative estimate of drug-likeness (QED) is 0.340. The molecular weight excluding hydrogens is 460 g/mol. The summed E-state index contributed by atoms with van der Waals surface area (Å²) in [6, 6.07) is 7.99. The zero-order valence-corrected chi connectivity index (χ0v) is 17.3. The van der Waals surface area contributed by atoms with E-state index in [1.807, 2.05) is 0 Å². The van der Waals surface area contributed by atoms with Crippen LogP contribution < -0.4 is 9.50 Å². The highest BCUT2D eigenvalue weighted by Crippen LogP contribution is 2.37. The van der Waals surface area contributed by atoms with Crippen LogP contribution >= 0.6 is 7.82 Å². The van der Waals surface area contributed by atoms with Gasteiger partial charge in [0.1, 0.15) is 23.2 Å². The number of nitrogens with zero attached hydrogens (tertiary/aromatic N) is 2. The third-order valence-electron chi connectivity index (χ3n) is 3.76. The van der Waals surface area contributed by atoms with Crippen molar-refractivity contribution in [3.05, 3.63) is 48.3 Å². The second-order valence-electron chi connectivity index (χ2n) is 5.87. The molecule has 1 heterocycles. The van der Waals surface area contributed by atoms with Gasteiger partial charge < -0.3 is 18.7 Å². The van der Waals surface area contributed by atoms with Crippen LogP contribution in [0.1, 0.15) is 0 Å². The van der Waals surface area contributed by atoms with Crippen molar-refractivity contribution in [1.82, 2.24) is 9.55 Å². The zero-order chi connectivity index (χ0) is 22.8. The number of ether oxygens (including phenoxy) is 1. The molecule has 0 aliphatic carbocycles. The first-order valence-electron chi connectivity index (χ1n) is 8.24. The van der Waals surface area contributed by atoms with Gasteiger partial charge >= 0.3 is 24.0 Å². The molecule has 0 atom stereocenters. The average Bonchev–Trinajstić information content (AvgIpc) is 3.01. The summed E-state index contributed by atoms with van der Waals surface area (Å²) in [7, 11) is -8.11. The number of aromatic nitrogens is 2. The number of anilines is 1. The van der Waals surface area contributed by atoms with Crippen LogP contribution in [0.25, 0.3) is 11.0 Å². The lowest BCUT2D eigenvalue weighted by atomic mass is 10.3. The molecule has 2 aromatic carbocycles. The van der Waals surface area contributed by atoms with E-state index >= 15 is 0 Å². The van der Waals surface area contributed by atoms with Crippen molar-refractivity contribution in [2.75, 3.05) is 12.4 Å². The van der Waals surface area contributed by atoms with E-state index in [0.717, 1.165) is 29.9 Å². The molecule has 0 aliphatic rings. The smallest absolute Gasteiger partial charge is 0.453 e. The Balaban J connectivity index is 1.97. The number of rotatable bonds is 7. The molecule has 0 radical (unpaired) electrons. The van der Waals surface area contributed by atoms with Crippen molar-refractivity contribution in [3.8, 4) is 5.75 Å². The summed E-state index contributed by atoms with van der Waals surface area (Å²) in [5, 5.41) is 2.24. The Kier molecular flexibility index (Phi) is 6.29. The van der Waals surface area contributed by atoms with Crippen LogP contribution in [0.2, 0.25) is 0 Å². The Bertz CT molecular complexity index is 1290. The number of hydrogen-bond acceptors (Lipinski definition) is 8. The standard InChI is InChI=1S/C16H15FN3O9PS/c1-27-16(21)19-15-18-13-8-11(5-6-14(13)20(15)9-28-30(22,23)24)29-31(25,26)12-4-2-3-10(17)7-12/h2-8H,9H2,1H3,(H,18,19,21)(H2,22,23,24). The molecule has 15 heteroatoms. The van der Waals surface area contributed by atoms with Gasteiger partial charge in [-0.1, -0.05) is 6.07 Å². The summed E-state index contributed by atoms with van der Waals surface area (Å²) >= 11 is 0. The number of phosphoric ester groups is 1. The first kappa shape index (κ1) is 22.7. The minimum absolute atomic E-state index is 0.0904. The SMILES string of the molecule is COC(=O)Nc1nc2cc(OS(=O)(=O)c3cccc(F)c3)ccc2n1COP(=O)(O)O. The zero-order valence-electron chi connectivity index (χ0n) is 15.6. The first-order chi connectivity index (χ1) is 14.5. The van der Waals surface area contributed by atoms with Crippen molar-refractivity contribution >= 4 is 41.0 Å². The fourth-order valence-corrected chi connectivity index (χ4v) is 3.68. The van der Waals surface area contributed by atoms with E-state index in [0.29, 0.717) is 0 Å². The fraction of sp³-hybridized carbons (Fsp3) is 0.125. The Labute approximate surface area is 174 Å². The van der Waals surface area contributed by atoms with E-state index in [2.05, 4.69) is 19.6 Å². The van der Waals surface area contributed by atoms with Gasteiger partial charge in [0, 0.05) is 6.07 Å². The van der Waals surface area contributed by atoms with Crippen LogP contribution in [0.3, 0.4) is 0 Å². The maximum atomic E-state index is 13.3. The van der Waals surface area contributed by atoms with Crippen LogP contribution in [-0.2, 0) is 30.7 Å². The summed E-state index contributed by atoms with van der Waals surface area (Å²) in [5.74, 6) is -1.13. The van der Waals surface area contributed by atoms with Crippen molar-refractivity contribution in [1.29, 1.82) is 0 Å². The van der Waals surface area contributed by atoms with Crippen LogP contribution in [0, 0.1) is 5.82 Å². The largest absolute Gasteiger partial charge is 0.471 e. The minimum Gasteiger partial charge on any atom is -0.453 e.